The van der Waals surface area contributed by atoms with Crippen LogP contribution in [-0.4, -0.2) is 11.7 Å². The molecule has 0 aliphatic rings. The van der Waals surface area contributed by atoms with Gasteiger partial charge in [-0.1, -0.05) is 0 Å². The SMILES string of the molecule is CCn1c(C)cc(CNc2ccc(F)cc2OC)c1C. The minimum Gasteiger partial charge on any atom is -0.494 e. The molecule has 0 atom stereocenters. The summed E-state index contributed by atoms with van der Waals surface area (Å²) in [5, 5.41) is 3.31. The molecule has 0 bridgehead atoms. The lowest BCUT2D eigenvalue weighted by Crippen LogP contribution is -2.04. The Morgan fingerprint density at radius 3 is 2.60 bits per heavy atom. The molecule has 1 aromatic heterocycles. The number of aryl methyl sites for hydroxylation is 1. The van der Waals surface area contributed by atoms with E-state index >= 15 is 0 Å². The molecule has 0 fully saturated rings. The molecule has 0 spiro atoms. The normalized spacial score (nSPS) is 10.7. The third kappa shape index (κ3) is 2.79. The van der Waals surface area contributed by atoms with Crippen LogP contribution in [0.1, 0.15) is 23.9 Å². The Bertz CT molecular complexity index is 605. The number of nitrogens with one attached hydrogen (secondary N) is 1. The van der Waals surface area contributed by atoms with Crippen molar-refractivity contribution < 1.29 is 9.13 Å². The largest absolute Gasteiger partial charge is 0.494 e. The van der Waals surface area contributed by atoms with E-state index in [1.54, 1.807) is 13.2 Å². The predicted molar refractivity (Wildman–Crippen MR) is 79.9 cm³/mol. The van der Waals surface area contributed by atoms with E-state index in [-0.39, 0.29) is 5.82 Å². The zero-order valence-electron chi connectivity index (χ0n) is 12.5. The predicted octanol–water partition coefficient (Wildman–Crippen LogP) is 3.88. The van der Waals surface area contributed by atoms with E-state index in [9.17, 15) is 4.39 Å². The number of hydrogen-bond donors (Lipinski definition) is 1. The van der Waals surface area contributed by atoms with Gasteiger partial charge in [-0.05, 0) is 44.5 Å². The van der Waals surface area contributed by atoms with E-state index < -0.39 is 0 Å². The average Bonchev–Trinajstić information content (AvgIpc) is 2.71. The molecule has 1 aromatic carbocycles. The first-order chi connectivity index (χ1) is 9.56. The van der Waals surface area contributed by atoms with Crippen LogP contribution in [0.5, 0.6) is 5.75 Å². The Morgan fingerprint density at radius 2 is 2.00 bits per heavy atom. The second-order valence-corrected chi connectivity index (χ2v) is 4.84. The van der Waals surface area contributed by atoms with Gasteiger partial charge in [0.25, 0.3) is 0 Å². The van der Waals surface area contributed by atoms with Gasteiger partial charge in [0.15, 0.2) is 0 Å². The van der Waals surface area contributed by atoms with Crippen molar-refractivity contribution in [3.05, 3.63) is 47.0 Å². The number of anilines is 1. The zero-order valence-corrected chi connectivity index (χ0v) is 12.5. The van der Waals surface area contributed by atoms with E-state index in [0.717, 1.165) is 12.2 Å². The molecule has 0 saturated heterocycles. The van der Waals surface area contributed by atoms with Crippen molar-refractivity contribution >= 4 is 5.69 Å². The number of aromatic nitrogens is 1. The lowest BCUT2D eigenvalue weighted by atomic mass is 10.2. The molecule has 1 N–H and O–H groups in total. The fraction of sp³-hybridized carbons (Fsp3) is 0.375. The molecule has 108 valence electrons. The summed E-state index contributed by atoms with van der Waals surface area (Å²) in [7, 11) is 1.54. The van der Waals surface area contributed by atoms with Crippen LogP contribution in [0.2, 0.25) is 0 Å². The molecule has 0 aliphatic heterocycles. The lowest BCUT2D eigenvalue weighted by Gasteiger charge is -2.11. The number of nitrogens with zero attached hydrogens (tertiary/aromatic N) is 1. The maximum atomic E-state index is 13.2. The van der Waals surface area contributed by atoms with Gasteiger partial charge in [0.2, 0.25) is 0 Å². The van der Waals surface area contributed by atoms with Crippen molar-refractivity contribution in [2.75, 3.05) is 12.4 Å². The smallest absolute Gasteiger partial charge is 0.144 e. The molecule has 1 heterocycles. The third-order valence-electron chi connectivity index (χ3n) is 3.63. The summed E-state index contributed by atoms with van der Waals surface area (Å²) < 4.78 is 20.6. The van der Waals surface area contributed by atoms with Crippen LogP contribution in [0.25, 0.3) is 0 Å². The molecular weight excluding hydrogens is 255 g/mol. The minimum atomic E-state index is -0.295. The molecule has 0 unspecified atom stereocenters. The van der Waals surface area contributed by atoms with Crippen LogP contribution in [-0.2, 0) is 13.1 Å². The number of rotatable bonds is 5. The van der Waals surface area contributed by atoms with Crippen molar-refractivity contribution in [1.29, 1.82) is 0 Å². The summed E-state index contributed by atoms with van der Waals surface area (Å²) in [5.74, 6) is 0.228. The number of methoxy groups -OCH3 is 1. The van der Waals surface area contributed by atoms with Gasteiger partial charge in [-0.25, -0.2) is 4.39 Å². The van der Waals surface area contributed by atoms with E-state index in [0.29, 0.717) is 12.3 Å². The van der Waals surface area contributed by atoms with Crippen LogP contribution in [0.3, 0.4) is 0 Å². The van der Waals surface area contributed by atoms with E-state index in [4.69, 9.17) is 4.74 Å². The first-order valence-corrected chi connectivity index (χ1v) is 6.79. The molecular formula is C16H21FN2O. The van der Waals surface area contributed by atoms with Crippen molar-refractivity contribution in [1.82, 2.24) is 4.57 Å². The summed E-state index contributed by atoms with van der Waals surface area (Å²) in [6.07, 6.45) is 0. The summed E-state index contributed by atoms with van der Waals surface area (Å²) in [5.41, 5.74) is 4.57. The second kappa shape index (κ2) is 5.99. The summed E-state index contributed by atoms with van der Waals surface area (Å²) >= 11 is 0. The monoisotopic (exact) mass is 276 g/mol. The van der Waals surface area contributed by atoms with Crippen molar-refractivity contribution in [3.8, 4) is 5.75 Å². The fourth-order valence-electron chi connectivity index (χ4n) is 2.54. The molecule has 0 amide bonds. The Kier molecular flexibility index (Phi) is 4.32. The van der Waals surface area contributed by atoms with Gasteiger partial charge in [0, 0.05) is 30.5 Å². The van der Waals surface area contributed by atoms with Crippen molar-refractivity contribution in [2.24, 2.45) is 0 Å². The summed E-state index contributed by atoms with van der Waals surface area (Å²) in [6, 6.07) is 6.70. The molecule has 4 heteroatoms. The van der Waals surface area contributed by atoms with Crippen molar-refractivity contribution in [2.45, 2.75) is 33.9 Å². The van der Waals surface area contributed by atoms with E-state index in [1.807, 2.05) is 0 Å². The van der Waals surface area contributed by atoms with Gasteiger partial charge in [-0.2, -0.15) is 0 Å². The summed E-state index contributed by atoms with van der Waals surface area (Å²) in [4.78, 5) is 0. The first kappa shape index (κ1) is 14.4. The maximum Gasteiger partial charge on any atom is 0.144 e. The highest BCUT2D eigenvalue weighted by atomic mass is 19.1. The Hall–Kier alpha value is -1.97. The molecule has 0 aliphatic carbocycles. The maximum absolute atomic E-state index is 13.2. The zero-order chi connectivity index (χ0) is 14.7. The van der Waals surface area contributed by atoms with Gasteiger partial charge in [0.1, 0.15) is 11.6 Å². The van der Waals surface area contributed by atoms with Crippen LogP contribution in [0.4, 0.5) is 10.1 Å². The minimum absolute atomic E-state index is 0.295. The Balaban J connectivity index is 2.17. The quantitative estimate of drug-likeness (QED) is 0.896. The van der Waals surface area contributed by atoms with Crippen LogP contribution in [0.15, 0.2) is 24.3 Å². The van der Waals surface area contributed by atoms with Crippen molar-refractivity contribution in [3.63, 3.8) is 0 Å². The number of hydrogen-bond acceptors (Lipinski definition) is 2. The molecule has 0 radical (unpaired) electrons. The van der Waals surface area contributed by atoms with Gasteiger partial charge in [-0.15, -0.1) is 0 Å². The first-order valence-electron chi connectivity index (χ1n) is 6.79. The molecule has 3 nitrogen and oxygen atoms in total. The molecule has 0 saturated carbocycles. The number of benzene rings is 1. The third-order valence-corrected chi connectivity index (χ3v) is 3.63. The molecule has 20 heavy (non-hydrogen) atoms. The number of ether oxygens (including phenoxy) is 1. The topological polar surface area (TPSA) is 26.2 Å². The average molecular weight is 276 g/mol. The van der Waals surface area contributed by atoms with E-state index in [1.165, 1.54) is 29.1 Å². The highest BCUT2D eigenvalue weighted by Crippen LogP contribution is 2.26. The van der Waals surface area contributed by atoms with Crippen LogP contribution < -0.4 is 10.1 Å². The van der Waals surface area contributed by atoms with Gasteiger partial charge in [-0.3, -0.25) is 0 Å². The Morgan fingerprint density at radius 1 is 1.25 bits per heavy atom. The number of halogens is 1. The highest BCUT2D eigenvalue weighted by Gasteiger charge is 2.09. The molecule has 2 aromatic rings. The second-order valence-electron chi connectivity index (χ2n) is 4.84. The fourth-order valence-corrected chi connectivity index (χ4v) is 2.54. The van der Waals surface area contributed by atoms with Gasteiger partial charge >= 0.3 is 0 Å². The summed E-state index contributed by atoms with van der Waals surface area (Å²) in [6.45, 7) is 8.04. The van der Waals surface area contributed by atoms with E-state index in [2.05, 4.69) is 36.7 Å². The Labute approximate surface area is 119 Å². The molecule has 2 rings (SSSR count). The highest BCUT2D eigenvalue weighted by molar-refractivity contribution is 5.56. The standard InChI is InChI=1S/C16H21FN2O/c1-5-19-11(2)8-13(12(19)3)10-18-15-7-6-14(17)9-16(15)20-4/h6-9,18H,5,10H2,1-4H3. The van der Waals surface area contributed by atoms with Crippen LogP contribution >= 0.6 is 0 Å². The van der Waals surface area contributed by atoms with Gasteiger partial charge in [0.05, 0.1) is 12.8 Å². The lowest BCUT2D eigenvalue weighted by molar-refractivity contribution is 0.413. The van der Waals surface area contributed by atoms with Gasteiger partial charge < -0.3 is 14.6 Å². The van der Waals surface area contributed by atoms with Crippen LogP contribution in [0, 0.1) is 19.7 Å².